The molecule has 0 amide bonds. The van der Waals surface area contributed by atoms with E-state index < -0.39 is 5.60 Å². The molecule has 1 unspecified atom stereocenters. The first-order valence-electron chi connectivity index (χ1n) is 7.14. The molecule has 1 aromatic rings. The highest BCUT2D eigenvalue weighted by Crippen LogP contribution is 2.30. The fourth-order valence-electron chi connectivity index (χ4n) is 2.67. The zero-order valence-electron chi connectivity index (χ0n) is 11.8. The third-order valence-corrected chi connectivity index (χ3v) is 4.75. The molecule has 108 valence electrons. The second-order valence-corrected chi connectivity index (χ2v) is 6.04. The van der Waals surface area contributed by atoms with Gasteiger partial charge in [-0.05, 0) is 48.5 Å². The van der Waals surface area contributed by atoms with Gasteiger partial charge in [0.1, 0.15) is 0 Å². The van der Waals surface area contributed by atoms with E-state index in [-0.39, 0.29) is 0 Å². The van der Waals surface area contributed by atoms with Gasteiger partial charge in [0.2, 0.25) is 0 Å². The predicted octanol–water partition coefficient (Wildman–Crippen LogP) is 2.70. The van der Waals surface area contributed by atoms with Crippen LogP contribution in [0.1, 0.15) is 44.5 Å². The Bertz CT molecular complexity index is 423. The summed E-state index contributed by atoms with van der Waals surface area (Å²) in [5.74, 6) is 0. The number of hydrogen-bond acceptors (Lipinski definition) is 3. The third-order valence-electron chi connectivity index (χ3n) is 3.83. The number of hydrogen-bond donors (Lipinski definition) is 1. The SMILES string of the molecule is CCc1nn(CC)c(CC2(O)CCCOCC2)c1Br. The van der Waals surface area contributed by atoms with Gasteiger partial charge in [-0.15, -0.1) is 0 Å². The van der Waals surface area contributed by atoms with Gasteiger partial charge in [0.25, 0.3) is 0 Å². The van der Waals surface area contributed by atoms with E-state index in [1.54, 1.807) is 0 Å². The van der Waals surface area contributed by atoms with Crippen LogP contribution < -0.4 is 0 Å². The van der Waals surface area contributed by atoms with Crippen molar-refractivity contribution in [3.05, 3.63) is 15.9 Å². The molecular formula is C14H23BrN2O2. The molecule has 0 spiro atoms. The fourth-order valence-corrected chi connectivity index (χ4v) is 3.37. The Balaban J connectivity index is 2.23. The second-order valence-electron chi connectivity index (χ2n) is 5.24. The van der Waals surface area contributed by atoms with Gasteiger partial charge in [-0.1, -0.05) is 6.92 Å². The van der Waals surface area contributed by atoms with Gasteiger partial charge in [-0.2, -0.15) is 5.10 Å². The molecule has 1 fully saturated rings. The maximum absolute atomic E-state index is 10.8. The summed E-state index contributed by atoms with van der Waals surface area (Å²) in [7, 11) is 0. The van der Waals surface area contributed by atoms with E-state index in [4.69, 9.17) is 4.74 Å². The van der Waals surface area contributed by atoms with Crippen LogP contribution >= 0.6 is 15.9 Å². The molecule has 1 aliphatic heterocycles. The molecular weight excluding hydrogens is 308 g/mol. The molecule has 19 heavy (non-hydrogen) atoms. The largest absolute Gasteiger partial charge is 0.389 e. The van der Waals surface area contributed by atoms with E-state index in [1.165, 1.54) is 0 Å². The van der Waals surface area contributed by atoms with Crippen LogP contribution in [0.5, 0.6) is 0 Å². The Hall–Kier alpha value is -0.390. The first-order chi connectivity index (χ1) is 9.09. The Morgan fingerprint density at radius 3 is 2.84 bits per heavy atom. The van der Waals surface area contributed by atoms with Crippen LogP contribution in [0.25, 0.3) is 0 Å². The van der Waals surface area contributed by atoms with Gasteiger partial charge in [0, 0.05) is 26.2 Å². The standard InChI is InChI=1S/C14H23BrN2O2/c1-3-11-13(15)12(17(4-2)16-11)10-14(18)6-5-8-19-9-7-14/h18H,3-10H2,1-2H3. The summed E-state index contributed by atoms with van der Waals surface area (Å²) >= 11 is 3.65. The van der Waals surface area contributed by atoms with Crippen molar-refractivity contribution >= 4 is 15.9 Å². The van der Waals surface area contributed by atoms with Crippen molar-refractivity contribution < 1.29 is 9.84 Å². The molecule has 4 nitrogen and oxygen atoms in total. The average Bonchev–Trinajstić information content (AvgIpc) is 2.57. The van der Waals surface area contributed by atoms with Crippen molar-refractivity contribution in [2.24, 2.45) is 0 Å². The molecule has 1 atom stereocenters. The zero-order valence-corrected chi connectivity index (χ0v) is 13.4. The summed E-state index contributed by atoms with van der Waals surface area (Å²) in [4.78, 5) is 0. The van der Waals surface area contributed by atoms with Crippen LogP contribution in [0.4, 0.5) is 0 Å². The van der Waals surface area contributed by atoms with E-state index in [0.29, 0.717) is 19.4 Å². The molecule has 2 rings (SSSR count). The van der Waals surface area contributed by atoms with Crippen molar-refractivity contribution in [1.82, 2.24) is 9.78 Å². The average molecular weight is 331 g/mol. The van der Waals surface area contributed by atoms with E-state index in [1.807, 2.05) is 4.68 Å². The molecule has 2 heterocycles. The Morgan fingerprint density at radius 1 is 1.37 bits per heavy atom. The van der Waals surface area contributed by atoms with Crippen LogP contribution in [0.2, 0.25) is 0 Å². The quantitative estimate of drug-likeness (QED) is 0.923. The molecule has 5 heteroatoms. The number of nitrogens with zero attached hydrogens (tertiary/aromatic N) is 2. The van der Waals surface area contributed by atoms with Gasteiger partial charge in [-0.3, -0.25) is 4.68 Å². The number of ether oxygens (including phenoxy) is 1. The van der Waals surface area contributed by atoms with Crippen LogP contribution in [0.3, 0.4) is 0 Å². The van der Waals surface area contributed by atoms with Crippen molar-refractivity contribution in [1.29, 1.82) is 0 Å². The van der Waals surface area contributed by atoms with Gasteiger partial charge in [0.05, 0.1) is 21.5 Å². The molecule has 1 saturated heterocycles. The van der Waals surface area contributed by atoms with E-state index in [2.05, 4.69) is 34.9 Å². The van der Waals surface area contributed by atoms with Crippen molar-refractivity contribution in [3.63, 3.8) is 0 Å². The predicted molar refractivity (Wildman–Crippen MR) is 78.3 cm³/mol. The molecule has 1 aliphatic rings. The fraction of sp³-hybridized carbons (Fsp3) is 0.786. The number of aliphatic hydroxyl groups is 1. The topological polar surface area (TPSA) is 47.3 Å². The van der Waals surface area contributed by atoms with E-state index in [0.717, 1.165) is 48.3 Å². The first kappa shape index (κ1) is 15.0. The lowest BCUT2D eigenvalue weighted by Gasteiger charge is -2.26. The van der Waals surface area contributed by atoms with E-state index >= 15 is 0 Å². The minimum Gasteiger partial charge on any atom is -0.389 e. The number of halogens is 1. The molecule has 0 aromatic carbocycles. The van der Waals surface area contributed by atoms with Gasteiger partial charge < -0.3 is 9.84 Å². The molecule has 1 N–H and O–H groups in total. The number of aromatic nitrogens is 2. The summed E-state index contributed by atoms with van der Waals surface area (Å²) in [6, 6.07) is 0. The van der Waals surface area contributed by atoms with Crippen LogP contribution in [-0.4, -0.2) is 33.7 Å². The summed E-state index contributed by atoms with van der Waals surface area (Å²) in [5, 5.41) is 15.4. The third kappa shape index (κ3) is 3.38. The molecule has 0 radical (unpaired) electrons. The van der Waals surface area contributed by atoms with Crippen molar-refractivity contribution in [3.8, 4) is 0 Å². The highest BCUT2D eigenvalue weighted by atomic mass is 79.9. The summed E-state index contributed by atoms with van der Waals surface area (Å²) in [6.45, 7) is 6.43. The Labute approximate surface area is 123 Å². The Morgan fingerprint density at radius 2 is 2.16 bits per heavy atom. The lowest BCUT2D eigenvalue weighted by Crippen LogP contribution is -2.33. The minimum absolute atomic E-state index is 0.648. The second kappa shape index (κ2) is 6.37. The maximum atomic E-state index is 10.8. The highest BCUT2D eigenvalue weighted by molar-refractivity contribution is 9.10. The molecule has 0 aliphatic carbocycles. The van der Waals surface area contributed by atoms with Gasteiger partial charge in [0.15, 0.2) is 0 Å². The lowest BCUT2D eigenvalue weighted by molar-refractivity contribution is 0.0170. The van der Waals surface area contributed by atoms with Crippen LogP contribution in [0, 0.1) is 0 Å². The van der Waals surface area contributed by atoms with Crippen molar-refractivity contribution in [2.45, 2.75) is 58.1 Å². The summed E-state index contributed by atoms with van der Waals surface area (Å²) < 4.78 is 8.52. The van der Waals surface area contributed by atoms with Crippen LogP contribution in [-0.2, 0) is 24.1 Å². The molecule has 1 aromatic heterocycles. The first-order valence-corrected chi connectivity index (χ1v) is 7.93. The smallest absolute Gasteiger partial charge is 0.0766 e. The maximum Gasteiger partial charge on any atom is 0.0766 e. The summed E-state index contributed by atoms with van der Waals surface area (Å²) in [5.41, 5.74) is 1.53. The number of rotatable bonds is 4. The zero-order chi connectivity index (χ0) is 13.9. The normalized spacial score (nSPS) is 24.4. The lowest BCUT2D eigenvalue weighted by atomic mass is 9.89. The molecule has 0 saturated carbocycles. The Kier molecular flexibility index (Phi) is 5.03. The minimum atomic E-state index is -0.656. The van der Waals surface area contributed by atoms with E-state index in [9.17, 15) is 5.11 Å². The van der Waals surface area contributed by atoms with Crippen LogP contribution in [0.15, 0.2) is 4.47 Å². The van der Waals surface area contributed by atoms with Crippen molar-refractivity contribution in [2.75, 3.05) is 13.2 Å². The molecule has 0 bridgehead atoms. The number of aryl methyl sites for hydroxylation is 2. The monoisotopic (exact) mass is 330 g/mol. The van der Waals surface area contributed by atoms with Gasteiger partial charge in [-0.25, -0.2) is 0 Å². The highest BCUT2D eigenvalue weighted by Gasteiger charge is 2.31. The van der Waals surface area contributed by atoms with Gasteiger partial charge >= 0.3 is 0 Å². The summed E-state index contributed by atoms with van der Waals surface area (Å²) in [6.07, 6.45) is 3.99.